The molecule has 1 saturated heterocycles. The lowest BCUT2D eigenvalue weighted by Crippen LogP contribution is -2.16. The third-order valence-electron chi connectivity index (χ3n) is 1.87. The van der Waals surface area contributed by atoms with E-state index >= 15 is 0 Å². The van der Waals surface area contributed by atoms with E-state index in [1.165, 1.54) is 19.3 Å². The summed E-state index contributed by atoms with van der Waals surface area (Å²) in [6.07, 6.45) is 4.92. The maximum absolute atomic E-state index is 5.31. The van der Waals surface area contributed by atoms with Crippen LogP contribution in [-0.4, -0.2) is 13.2 Å². The van der Waals surface area contributed by atoms with Crippen LogP contribution in [0, 0.1) is 12.8 Å². The minimum Gasteiger partial charge on any atom is -0.381 e. The first-order chi connectivity index (χ1) is 4.43. The van der Waals surface area contributed by atoms with Crippen LogP contribution < -0.4 is 0 Å². The van der Waals surface area contributed by atoms with Gasteiger partial charge in [0.15, 0.2) is 0 Å². The van der Waals surface area contributed by atoms with Crippen molar-refractivity contribution < 1.29 is 4.74 Å². The molecule has 0 amide bonds. The molecule has 1 rings (SSSR count). The van der Waals surface area contributed by atoms with Crippen LogP contribution in [-0.2, 0) is 4.74 Å². The number of hydrogen-bond acceptors (Lipinski definition) is 1. The van der Waals surface area contributed by atoms with Crippen molar-refractivity contribution in [1.29, 1.82) is 0 Å². The molecule has 1 radical (unpaired) electrons. The fraction of sp³-hybridized carbons (Fsp3) is 0.875. The van der Waals surface area contributed by atoms with Gasteiger partial charge >= 0.3 is 0 Å². The normalized spacial score (nSPS) is 28.3. The van der Waals surface area contributed by atoms with E-state index in [1.54, 1.807) is 0 Å². The quantitative estimate of drug-likeness (QED) is 0.551. The first-order valence-corrected chi connectivity index (χ1v) is 3.80. The second kappa shape index (κ2) is 3.89. The van der Waals surface area contributed by atoms with Gasteiger partial charge in [-0.15, -0.1) is 0 Å². The Hall–Kier alpha value is -0.0400. The summed E-state index contributed by atoms with van der Waals surface area (Å²) >= 11 is 0. The van der Waals surface area contributed by atoms with E-state index in [1.807, 2.05) is 0 Å². The van der Waals surface area contributed by atoms with Gasteiger partial charge in [-0.3, -0.25) is 0 Å². The van der Waals surface area contributed by atoms with Crippen LogP contribution in [0.5, 0.6) is 0 Å². The van der Waals surface area contributed by atoms with E-state index in [2.05, 4.69) is 6.92 Å². The summed E-state index contributed by atoms with van der Waals surface area (Å²) in [5.41, 5.74) is 0. The van der Waals surface area contributed by atoms with Gasteiger partial charge in [0.25, 0.3) is 0 Å². The average Bonchev–Trinajstić information content (AvgIpc) is 1.91. The number of rotatable bonds is 2. The van der Waals surface area contributed by atoms with Gasteiger partial charge in [0.05, 0.1) is 0 Å². The summed E-state index contributed by atoms with van der Waals surface area (Å²) in [6.45, 7) is 5.79. The zero-order chi connectivity index (χ0) is 6.53. The third-order valence-corrected chi connectivity index (χ3v) is 1.87. The van der Waals surface area contributed by atoms with Gasteiger partial charge in [-0.2, -0.15) is 0 Å². The van der Waals surface area contributed by atoms with Gasteiger partial charge < -0.3 is 4.74 Å². The maximum Gasteiger partial charge on any atom is 0.0494 e. The molecule has 0 aromatic heterocycles. The molecule has 0 bridgehead atoms. The number of ether oxygens (including phenoxy) is 1. The topological polar surface area (TPSA) is 9.23 Å². The van der Waals surface area contributed by atoms with Crippen molar-refractivity contribution in [3.63, 3.8) is 0 Å². The summed E-state index contributed by atoms with van der Waals surface area (Å²) in [5.74, 6) is 0.816. The van der Waals surface area contributed by atoms with Crippen molar-refractivity contribution in [3.05, 3.63) is 6.92 Å². The monoisotopic (exact) mass is 127 g/mol. The molecule has 53 valence electrons. The van der Waals surface area contributed by atoms with Crippen molar-refractivity contribution in [2.45, 2.75) is 25.7 Å². The molecular formula is C8H15O. The van der Waals surface area contributed by atoms with Gasteiger partial charge in [-0.25, -0.2) is 0 Å². The molecule has 1 heterocycles. The highest BCUT2D eigenvalue weighted by Crippen LogP contribution is 2.17. The van der Waals surface area contributed by atoms with E-state index in [0.717, 1.165) is 25.6 Å². The molecule has 1 nitrogen and oxygen atoms in total. The Morgan fingerprint density at radius 2 is 2.44 bits per heavy atom. The Morgan fingerprint density at radius 3 is 3.00 bits per heavy atom. The van der Waals surface area contributed by atoms with Crippen molar-refractivity contribution in [1.82, 2.24) is 0 Å². The van der Waals surface area contributed by atoms with Crippen LogP contribution >= 0.6 is 0 Å². The molecule has 1 atom stereocenters. The second-order valence-corrected chi connectivity index (χ2v) is 2.73. The van der Waals surface area contributed by atoms with Gasteiger partial charge in [0, 0.05) is 13.2 Å². The van der Waals surface area contributed by atoms with E-state index in [4.69, 9.17) is 4.74 Å². The SMILES string of the molecule is [CH2]CCC1CCCOC1. The highest BCUT2D eigenvalue weighted by Gasteiger charge is 2.11. The van der Waals surface area contributed by atoms with Crippen molar-refractivity contribution in [2.24, 2.45) is 5.92 Å². The minimum absolute atomic E-state index is 0.816. The molecule has 1 unspecified atom stereocenters. The van der Waals surface area contributed by atoms with Gasteiger partial charge in [-0.05, 0) is 25.2 Å². The largest absolute Gasteiger partial charge is 0.381 e. The lowest BCUT2D eigenvalue weighted by atomic mass is 9.98. The van der Waals surface area contributed by atoms with E-state index in [9.17, 15) is 0 Å². The molecule has 0 aromatic rings. The van der Waals surface area contributed by atoms with Crippen LogP contribution in [0.2, 0.25) is 0 Å². The Kier molecular flexibility index (Phi) is 3.05. The highest BCUT2D eigenvalue weighted by molar-refractivity contribution is 4.63. The third kappa shape index (κ3) is 2.35. The molecule has 1 fully saturated rings. The predicted octanol–water partition coefficient (Wildman–Crippen LogP) is 2.03. The van der Waals surface area contributed by atoms with E-state index in [0.29, 0.717) is 0 Å². The van der Waals surface area contributed by atoms with E-state index in [-0.39, 0.29) is 0 Å². The van der Waals surface area contributed by atoms with Gasteiger partial charge in [-0.1, -0.05) is 13.3 Å². The Labute approximate surface area is 57.4 Å². The highest BCUT2D eigenvalue weighted by atomic mass is 16.5. The molecule has 9 heavy (non-hydrogen) atoms. The number of hydrogen-bond donors (Lipinski definition) is 0. The van der Waals surface area contributed by atoms with Gasteiger partial charge in [0.1, 0.15) is 0 Å². The van der Waals surface area contributed by atoms with Crippen LogP contribution in [0.15, 0.2) is 0 Å². The zero-order valence-electron chi connectivity index (χ0n) is 5.94. The summed E-state index contributed by atoms with van der Waals surface area (Å²) in [7, 11) is 0. The van der Waals surface area contributed by atoms with Crippen molar-refractivity contribution in [3.8, 4) is 0 Å². The molecule has 1 heteroatoms. The fourth-order valence-electron chi connectivity index (χ4n) is 1.32. The summed E-state index contributed by atoms with van der Waals surface area (Å²) in [5, 5.41) is 0. The molecule has 0 aliphatic carbocycles. The molecule has 0 N–H and O–H groups in total. The summed E-state index contributed by atoms with van der Waals surface area (Å²) < 4.78 is 5.31. The molecule has 0 saturated carbocycles. The molecule has 0 aromatic carbocycles. The first kappa shape index (κ1) is 7.07. The van der Waals surface area contributed by atoms with E-state index < -0.39 is 0 Å². The minimum atomic E-state index is 0.816. The summed E-state index contributed by atoms with van der Waals surface area (Å²) in [6, 6.07) is 0. The molecule has 0 spiro atoms. The molecule has 1 aliphatic heterocycles. The molecule has 1 aliphatic rings. The molecular weight excluding hydrogens is 112 g/mol. The summed E-state index contributed by atoms with van der Waals surface area (Å²) in [4.78, 5) is 0. The van der Waals surface area contributed by atoms with Crippen LogP contribution in [0.4, 0.5) is 0 Å². The lowest BCUT2D eigenvalue weighted by molar-refractivity contribution is 0.0520. The first-order valence-electron chi connectivity index (χ1n) is 3.80. The van der Waals surface area contributed by atoms with Crippen LogP contribution in [0.1, 0.15) is 25.7 Å². The predicted molar refractivity (Wildman–Crippen MR) is 38.1 cm³/mol. The zero-order valence-corrected chi connectivity index (χ0v) is 5.94. The Balaban J connectivity index is 2.08. The lowest BCUT2D eigenvalue weighted by Gasteiger charge is -2.20. The Bertz CT molecular complexity index is 62.2. The average molecular weight is 127 g/mol. The van der Waals surface area contributed by atoms with Crippen LogP contribution in [0.25, 0.3) is 0 Å². The fourth-order valence-corrected chi connectivity index (χ4v) is 1.32. The van der Waals surface area contributed by atoms with Crippen LogP contribution in [0.3, 0.4) is 0 Å². The van der Waals surface area contributed by atoms with Gasteiger partial charge in [0.2, 0.25) is 0 Å². The van der Waals surface area contributed by atoms with Crippen molar-refractivity contribution in [2.75, 3.05) is 13.2 Å². The van der Waals surface area contributed by atoms with Crippen molar-refractivity contribution >= 4 is 0 Å². The Morgan fingerprint density at radius 1 is 1.56 bits per heavy atom. The standard InChI is InChI=1S/C8H15O/c1-2-4-8-5-3-6-9-7-8/h8H,1-7H2. The maximum atomic E-state index is 5.31. The smallest absolute Gasteiger partial charge is 0.0494 e. The second-order valence-electron chi connectivity index (χ2n) is 2.73.